The highest BCUT2D eigenvalue weighted by molar-refractivity contribution is 5.89. The van der Waals surface area contributed by atoms with E-state index in [9.17, 15) is 0 Å². The summed E-state index contributed by atoms with van der Waals surface area (Å²) in [4.78, 5) is 0. The molecule has 0 aliphatic rings. The number of fused-ring (bicyclic) bond motifs is 1. The smallest absolute Gasteiger partial charge is 0.138 e. The summed E-state index contributed by atoms with van der Waals surface area (Å²) in [6, 6.07) is 26.0. The van der Waals surface area contributed by atoms with Crippen molar-refractivity contribution in [3.05, 3.63) is 132 Å². The molecule has 0 aliphatic heterocycles. The van der Waals surface area contributed by atoms with Crippen molar-refractivity contribution in [2.45, 2.75) is 32.6 Å². The third-order valence-corrected chi connectivity index (χ3v) is 6.00. The molecule has 0 amide bonds. The van der Waals surface area contributed by atoms with Crippen molar-refractivity contribution in [1.29, 1.82) is 0 Å². The minimum atomic E-state index is -0.186. The Kier molecular flexibility index (Phi) is 7.74. The van der Waals surface area contributed by atoms with Crippen LogP contribution in [-0.4, -0.2) is 0 Å². The Hall–Kier alpha value is -3.89. The predicted molar refractivity (Wildman–Crippen MR) is 143 cm³/mol. The Balaban J connectivity index is 1.53. The fourth-order valence-corrected chi connectivity index (χ4v) is 4.03. The molecule has 0 radical (unpaired) electrons. The maximum absolute atomic E-state index is 15.4. The SMILES string of the molecule is C=CCCc1ccc(C#Cc2ccc3c(F)c(-c4ccc(CC/C=C/C)cc4)ccc3c2)cc1. The fraction of sp³-hybridized carbons (Fsp3) is 0.152. The van der Waals surface area contributed by atoms with E-state index >= 15 is 4.39 Å². The molecule has 4 aromatic carbocycles. The average Bonchev–Trinajstić information content (AvgIpc) is 2.88. The van der Waals surface area contributed by atoms with Gasteiger partial charge in [0.15, 0.2) is 0 Å². The van der Waals surface area contributed by atoms with Gasteiger partial charge in [0.2, 0.25) is 0 Å². The van der Waals surface area contributed by atoms with Crippen LogP contribution in [0.2, 0.25) is 0 Å². The first kappa shape index (κ1) is 23.3. The van der Waals surface area contributed by atoms with Gasteiger partial charge in [0.1, 0.15) is 5.82 Å². The number of benzene rings is 4. The van der Waals surface area contributed by atoms with Gasteiger partial charge < -0.3 is 0 Å². The van der Waals surface area contributed by atoms with Gasteiger partial charge in [-0.25, -0.2) is 4.39 Å². The number of aryl methyl sites for hydroxylation is 2. The molecule has 4 aromatic rings. The number of hydrogen-bond acceptors (Lipinski definition) is 0. The first-order chi connectivity index (χ1) is 16.7. The van der Waals surface area contributed by atoms with Crippen molar-refractivity contribution in [3.63, 3.8) is 0 Å². The molecule has 0 atom stereocenters. The quantitative estimate of drug-likeness (QED) is 0.198. The van der Waals surface area contributed by atoms with Crippen LogP contribution >= 0.6 is 0 Å². The zero-order chi connectivity index (χ0) is 23.8. The normalized spacial score (nSPS) is 10.9. The third kappa shape index (κ3) is 5.72. The lowest BCUT2D eigenvalue weighted by Crippen LogP contribution is -1.89. The van der Waals surface area contributed by atoms with E-state index in [1.54, 1.807) is 0 Å². The van der Waals surface area contributed by atoms with Gasteiger partial charge in [0.05, 0.1) is 0 Å². The second-order valence-corrected chi connectivity index (χ2v) is 8.44. The summed E-state index contributed by atoms with van der Waals surface area (Å²) in [5.41, 5.74) is 5.92. The van der Waals surface area contributed by atoms with Gasteiger partial charge >= 0.3 is 0 Å². The molecule has 0 N–H and O–H groups in total. The van der Waals surface area contributed by atoms with Crippen LogP contribution in [0.5, 0.6) is 0 Å². The van der Waals surface area contributed by atoms with Crippen LogP contribution in [0.4, 0.5) is 4.39 Å². The zero-order valence-corrected chi connectivity index (χ0v) is 19.7. The van der Waals surface area contributed by atoms with Crippen LogP contribution < -0.4 is 0 Å². The Morgan fingerprint density at radius 2 is 1.41 bits per heavy atom. The summed E-state index contributed by atoms with van der Waals surface area (Å²) < 4.78 is 15.4. The van der Waals surface area contributed by atoms with E-state index in [0.717, 1.165) is 47.8 Å². The third-order valence-electron chi connectivity index (χ3n) is 6.00. The number of halogens is 1. The molecule has 0 aromatic heterocycles. The second kappa shape index (κ2) is 11.3. The molecular weight excluding hydrogens is 415 g/mol. The lowest BCUT2D eigenvalue weighted by Gasteiger charge is -2.08. The monoisotopic (exact) mass is 444 g/mol. The van der Waals surface area contributed by atoms with Gasteiger partial charge in [0.25, 0.3) is 0 Å². The molecule has 0 nitrogen and oxygen atoms in total. The summed E-state index contributed by atoms with van der Waals surface area (Å²) in [5.74, 6) is 6.25. The van der Waals surface area contributed by atoms with Crippen LogP contribution in [0.15, 0.2) is 104 Å². The van der Waals surface area contributed by atoms with E-state index in [0.29, 0.717) is 10.9 Å². The van der Waals surface area contributed by atoms with Crippen LogP contribution in [0.3, 0.4) is 0 Å². The molecule has 4 rings (SSSR count). The van der Waals surface area contributed by atoms with Crippen molar-refractivity contribution in [3.8, 4) is 23.0 Å². The first-order valence-electron chi connectivity index (χ1n) is 11.8. The fourth-order valence-electron chi connectivity index (χ4n) is 4.03. The maximum atomic E-state index is 15.4. The molecule has 0 spiro atoms. The molecular formula is C33H29F. The molecule has 0 unspecified atom stereocenters. The lowest BCUT2D eigenvalue weighted by atomic mass is 9.97. The van der Waals surface area contributed by atoms with Crippen LogP contribution in [0, 0.1) is 17.7 Å². The summed E-state index contributed by atoms with van der Waals surface area (Å²) in [7, 11) is 0. The molecule has 0 saturated carbocycles. The number of rotatable bonds is 7. The Morgan fingerprint density at radius 3 is 2.12 bits per heavy atom. The van der Waals surface area contributed by atoms with Gasteiger partial charge in [-0.2, -0.15) is 0 Å². The van der Waals surface area contributed by atoms with E-state index < -0.39 is 0 Å². The predicted octanol–water partition coefficient (Wildman–Crippen LogP) is 8.67. The van der Waals surface area contributed by atoms with Gasteiger partial charge in [-0.05, 0) is 78.9 Å². The topological polar surface area (TPSA) is 0 Å². The summed E-state index contributed by atoms with van der Waals surface area (Å²) >= 11 is 0. The molecule has 34 heavy (non-hydrogen) atoms. The van der Waals surface area contributed by atoms with Crippen LogP contribution in [-0.2, 0) is 12.8 Å². The Morgan fingerprint density at radius 1 is 0.765 bits per heavy atom. The zero-order valence-electron chi connectivity index (χ0n) is 19.7. The van der Waals surface area contributed by atoms with Gasteiger partial charge in [-0.3, -0.25) is 0 Å². The van der Waals surface area contributed by atoms with Crippen molar-refractivity contribution in [2.75, 3.05) is 0 Å². The molecule has 0 bridgehead atoms. The molecule has 0 saturated heterocycles. The van der Waals surface area contributed by atoms with E-state index in [-0.39, 0.29) is 5.82 Å². The summed E-state index contributed by atoms with van der Waals surface area (Å²) in [6.45, 7) is 5.80. The largest absolute Gasteiger partial charge is 0.206 e. The molecule has 0 fully saturated rings. The van der Waals surface area contributed by atoms with Crippen LogP contribution in [0.25, 0.3) is 21.9 Å². The second-order valence-electron chi connectivity index (χ2n) is 8.44. The first-order valence-corrected chi connectivity index (χ1v) is 11.8. The average molecular weight is 445 g/mol. The lowest BCUT2D eigenvalue weighted by molar-refractivity contribution is 0.643. The minimum absolute atomic E-state index is 0.186. The van der Waals surface area contributed by atoms with Crippen molar-refractivity contribution in [1.82, 2.24) is 0 Å². The maximum Gasteiger partial charge on any atom is 0.138 e. The van der Waals surface area contributed by atoms with Gasteiger partial charge in [-0.1, -0.05) is 84.7 Å². The highest BCUT2D eigenvalue weighted by Crippen LogP contribution is 2.30. The van der Waals surface area contributed by atoms with Crippen LogP contribution in [0.1, 0.15) is 42.0 Å². The number of hydrogen-bond donors (Lipinski definition) is 0. The molecule has 0 aliphatic carbocycles. The minimum Gasteiger partial charge on any atom is -0.206 e. The Labute approximate surface area is 202 Å². The summed E-state index contributed by atoms with van der Waals surface area (Å²) in [5, 5.41) is 1.47. The van der Waals surface area contributed by atoms with E-state index in [2.05, 4.69) is 54.8 Å². The van der Waals surface area contributed by atoms with E-state index in [1.807, 2.05) is 67.6 Å². The van der Waals surface area contributed by atoms with E-state index in [4.69, 9.17) is 0 Å². The summed E-state index contributed by atoms with van der Waals surface area (Å²) in [6.07, 6.45) is 10.2. The highest BCUT2D eigenvalue weighted by atomic mass is 19.1. The number of allylic oxidation sites excluding steroid dienone is 3. The highest BCUT2D eigenvalue weighted by Gasteiger charge is 2.10. The van der Waals surface area contributed by atoms with Crippen molar-refractivity contribution >= 4 is 10.8 Å². The van der Waals surface area contributed by atoms with Crippen molar-refractivity contribution < 1.29 is 4.39 Å². The molecule has 168 valence electrons. The standard InChI is InChI=1S/C33H29F/c1-3-5-7-9-26-16-19-29(20-17-26)31-23-21-30-24-28(18-22-32(30)33(31)34)15-14-27-12-10-25(11-13-27)8-6-4-2/h3-5,10-13,16-24H,2,6-9H2,1H3/b5-3+. The van der Waals surface area contributed by atoms with Gasteiger partial charge in [0, 0.05) is 22.1 Å². The van der Waals surface area contributed by atoms with Crippen molar-refractivity contribution in [2.24, 2.45) is 0 Å². The Bertz CT molecular complexity index is 1360. The molecule has 0 heterocycles. The van der Waals surface area contributed by atoms with E-state index in [1.165, 1.54) is 11.1 Å². The van der Waals surface area contributed by atoms with Gasteiger partial charge in [-0.15, -0.1) is 6.58 Å². The molecule has 1 heteroatoms.